The van der Waals surface area contributed by atoms with Crippen LogP contribution in [0.3, 0.4) is 0 Å². The summed E-state index contributed by atoms with van der Waals surface area (Å²) in [5.74, 6) is 0.953. The fraction of sp³-hybridized carbons (Fsp3) is 0.636. The van der Waals surface area contributed by atoms with Crippen molar-refractivity contribution in [1.82, 2.24) is 10.2 Å². The highest BCUT2D eigenvalue weighted by atomic mass is 79.9. The minimum atomic E-state index is 0.141. The molecule has 0 aliphatic carbocycles. The number of ether oxygens (including phenoxy) is 1. The molecule has 0 saturated carbocycles. The van der Waals surface area contributed by atoms with Gasteiger partial charge in [-0.3, -0.25) is 4.90 Å². The van der Waals surface area contributed by atoms with Gasteiger partial charge in [-0.05, 0) is 42.2 Å². The number of nitrogens with zero attached hydrogens (tertiary/aromatic N) is 1. The molecule has 2 atom stereocenters. The van der Waals surface area contributed by atoms with Crippen LogP contribution in [0.4, 0.5) is 0 Å². The van der Waals surface area contributed by atoms with Crippen molar-refractivity contribution in [2.24, 2.45) is 0 Å². The molecule has 0 spiro atoms. The number of nitrogens with one attached hydrogen (secondary N) is 1. The molecule has 1 aromatic rings. The van der Waals surface area contributed by atoms with Gasteiger partial charge in [-0.15, -0.1) is 0 Å². The molecular formula is C11H17BrN2O2. The van der Waals surface area contributed by atoms with Gasteiger partial charge in [-0.1, -0.05) is 0 Å². The van der Waals surface area contributed by atoms with Crippen LogP contribution >= 0.6 is 15.9 Å². The summed E-state index contributed by atoms with van der Waals surface area (Å²) in [5, 5.41) is 3.16. The molecule has 0 bridgehead atoms. The van der Waals surface area contributed by atoms with Crippen molar-refractivity contribution in [2.45, 2.75) is 12.1 Å². The number of hydrogen-bond acceptors (Lipinski definition) is 4. The fourth-order valence-corrected chi connectivity index (χ4v) is 2.44. The van der Waals surface area contributed by atoms with Gasteiger partial charge in [0.1, 0.15) is 5.76 Å². The van der Waals surface area contributed by atoms with Crippen molar-refractivity contribution in [3.8, 4) is 0 Å². The molecule has 2 rings (SSSR count). The van der Waals surface area contributed by atoms with E-state index in [1.807, 2.05) is 19.2 Å². The lowest BCUT2D eigenvalue weighted by Gasteiger charge is -2.37. The van der Waals surface area contributed by atoms with Crippen molar-refractivity contribution >= 4 is 15.9 Å². The second kappa shape index (κ2) is 5.31. The van der Waals surface area contributed by atoms with Crippen LogP contribution in [0.1, 0.15) is 11.8 Å². The van der Waals surface area contributed by atoms with E-state index in [4.69, 9.17) is 9.15 Å². The third-order valence-electron chi connectivity index (χ3n) is 2.89. The minimum Gasteiger partial charge on any atom is -0.453 e. The summed E-state index contributed by atoms with van der Waals surface area (Å²) >= 11 is 3.34. The predicted molar refractivity (Wildman–Crippen MR) is 65.4 cm³/mol. The Kier molecular flexibility index (Phi) is 4.02. The quantitative estimate of drug-likeness (QED) is 0.918. The molecule has 5 heteroatoms. The van der Waals surface area contributed by atoms with E-state index in [9.17, 15) is 0 Å². The standard InChI is InChI=1S/C11H17BrN2O2/c1-13-7-9-11(14(2)5-6-15-9)8-3-4-10(12)16-8/h3-4,9,11,13H,5-7H2,1-2H3. The first-order chi connectivity index (χ1) is 7.72. The monoisotopic (exact) mass is 288 g/mol. The second-order valence-corrected chi connectivity index (χ2v) is 4.82. The lowest BCUT2D eigenvalue weighted by molar-refractivity contribution is -0.0671. The molecule has 1 saturated heterocycles. The predicted octanol–water partition coefficient (Wildman–Crippen LogP) is 1.63. The van der Waals surface area contributed by atoms with Gasteiger partial charge in [0.2, 0.25) is 0 Å². The Morgan fingerprint density at radius 3 is 3.00 bits per heavy atom. The molecule has 2 heterocycles. The third kappa shape index (κ3) is 2.48. The average Bonchev–Trinajstić information content (AvgIpc) is 2.65. The fourth-order valence-electron chi connectivity index (χ4n) is 2.12. The number of hydrogen-bond donors (Lipinski definition) is 1. The maximum Gasteiger partial charge on any atom is 0.169 e. The summed E-state index contributed by atoms with van der Waals surface area (Å²) in [6, 6.07) is 4.11. The molecule has 90 valence electrons. The van der Waals surface area contributed by atoms with Gasteiger partial charge < -0.3 is 14.5 Å². The zero-order chi connectivity index (χ0) is 11.5. The van der Waals surface area contributed by atoms with E-state index < -0.39 is 0 Å². The van der Waals surface area contributed by atoms with Crippen LogP contribution in [0.15, 0.2) is 21.2 Å². The summed E-state index contributed by atoms with van der Waals surface area (Å²) in [6.45, 7) is 2.54. The van der Waals surface area contributed by atoms with Crippen molar-refractivity contribution < 1.29 is 9.15 Å². The Bertz CT molecular complexity index is 340. The third-order valence-corrected chi connectivity index (χ3v) is 3.32. The van der Waals surface area contributed by atoms with Crippen molar-refractivity contribution in [3.05, 3.63) is 22.6 Å². The van der Waals surface area contributed by atoms with E-state index in [1.165, 1.54) is 0 Å². The van der Waals surface area contributed by atoms with Crippen LogP contribution in [-0.4, -0.2) is 44.8 Å². The largest absolute Gasteiger partial charge is 0.453 e. The van der Waals surface area contributed by atoms with Crippen molar-refractivity contribution in [1.29, 1.82) is 0 Å². The Labute approximate surface area is 104 Å². The van der Waals surface area contributed by atoms with Gasteiger partial charge in [0.25, 0.3) is 0 Å². The van der Waals surface area contributed by atoms with Crippen molar-refractivity contribution in [3.63, 3.8) is 0 Å². The van der Waals surface area contributed by atoms with Gasteiger partial charge in [-0.25, -0.2) is 0 Å². The molecule has 4 nitrogen and oxygen atoms in total. The van der Waals surface area contributed by atoms with Gasteiger partial charge in [0, 0.05) is 13.1 Å². The number of likely N-dealkylation sites (N-methyl/N-ethyl adjacent to an activating group) is 2. The first kappa shape index (κ1) is 12.1. The zero-order valence-corrected chi connectivity index (χ0v) is 11.2. The van der Waals surface area contributed by atoms with E-state index in [-0.39, 0.29) is 12.1 Å². The molecule has 1 N–H and O–H groups in total. The van der Waals surface area contributed by atoms with E-state index in [2.05, 4.69) is 33.2 Å². The van der Waals surface area contributed by atoms with E-state index >= 15 is 0 Å². The number of morpholine rings is 1. The number of halogens is 1. The number of rotatable bonds is 3. The molecule has 1 fully saturated rings. The Morgan fingerprint density at radius 1 is 1.56 bits per heavy atom. The van der Waals surface area contributed by atoms with Crippen LogP contribution in [0, 0.1) is 0 Å². The number of furan rings is 1. The lowest BCUT2D eigenvalue weighted by atomic mass is 10.1. The van der Waals surface area contributed by atoms with Crippen LogP contribution in [-0.2, 0) is 4.74 Å². The smallest absolute Gasteiger partial charge is 0.169 e. The Hall–Kier alpha value is -0.360. The Morgan fingerprint density at radius 2 is 2.38 bits per heavy atom. The maximum absolute atomic E-state index is 5.79. The highest BCUT2D eigenvalue weighted by Crippen LogP contribution is 2.30. The molecule has 16 heavy (non-hydrogen) atoms. The van der Waals surface area contributed by atoms with Crippen LogP contribution in [0.25, 0.3) is 0 Å². The maximum atomic E-state index is 5.79. The van der Waals surface area contributed by atoms with Crippen LogP contribution in [0.2, 0.25) is 0 Å². The molecule has 0 amide bonds. The summed E-state index contributed by atoms with van der Waals surface area (Å²) in [7, 11) is 4.04. The molecule has 0 radical (unpaired) electrons. The minimum absolute atomic E-state index is 0.141. The molecule has 0 aromatic carbocycles. The van der Waals surface area contributed by atoms with Gasteiger partial charge in [0.05, 0.1) is 18.8 Å². The average molecular weight is 289 g/mol. The Balaban J connectivity index is 2.18. The second-order valence-electron chi connectivity index (χ2n) is 4.03. The van der Waals surface area contributed by atoms with Crippen LogP contribution < -0.4 is 5.32 Å². The van der Waals surface area contributed by atoms with Crippen molar-refractivity contribution in [2.75, 3.05) is 33.8 Å². The van der Waals surface area contributed by atoms with Gasteiger partial charge in [0.15, 0.2) is 4.67 Å². The molecule has 1 aromatic heterocycles. The first-order valence-electron chi connectivity index (χ1n) is 5.44. The summed E-state index contributed by atoms with van der Waals surface area (Å²) < 4.78 is 12.2. The van der Waals surface area contributed by atoms with E-state index in [1.54, 1.807) is 0 Å². The molecule has 1 aliphatic heterocycles. The summed E-state index contributed by atoms with van der Waals surface area (Å²) in [5.41, 5.74) is 0. The van der Waals surface area contributed by atoms with Gasteiger partial charge >= 0.3 is 0 Å². The van der Waals surface area contributed by atoms with Crippen LogP contribution in [0.5, 0.6) is 0 Å². The van der Waals surface area contributed by atoms with Gasteiger partial charge in [-0.2, -0.15) is 0 Å². The summed E-state index contributed by atoms with van der Waals surface area (Å²) in [4.78, 5) is 2.27. The van der Waals surface area contributed by atoms with E-state index in [0.29, 0.717) is 0 Å². The highest BCUT2D eigenvalue weighted by Gasteiger charge is 2.33. The molecular weight excluding hydrogens is 272 g/mol. The zero-order valence-electron chi connectivity index (χ0n) is 9.57. The molecule has 1 aliphatic rings. The normalized spacial score (nSPS) is 27.2. The van der Waals surface area contributed by atoms with E-state index in [0.717, 1.165) is 30.1 Å². The SMILES string of the molecule is CNCC1OCCN(C)C1c1ccc(Br)o1. The topological polar surface area (TPSA) is 37.6 Å². The highest BCUT2D eigenvalue weighted by molar-refractivity contribution is 9.10. The molecule has 2 unspecified atom stereocenters. The summed E-state index contributed by atoms with van der Waals surface area (Å²) in [6.07, 6.45) is 0.141. The first-order valence-corrected chi connectivity index (χ1v) is 6.23. The lowest BCUT2D eigenvalue weighted by Crippen LogP contribution is -2.46.